The molecule has 1 aliphatic rings. The predicted molar refractivity (Wildman–Crippen MR) is 74.9 cm³/mol. The highest BCUT2D eigenvalue weighted by molar-refractivity contribution is 5.39. The van der Waals surface area contributed by atoms with E-state index in [0.29, 0.717) is 0 Å². The van der Waals surface area contributed by atoms with Gasteiger partial charge < -0.3 is 15.4 Å². The molecule has 1 aromatic carbocycles. The standard InChI is InChI=1S/C15H24N2O/c1-11-4-5-15(18-3)13(8-11)14(16)10-17-7-6-12(2)9-17/h4-5,8,12,14H,6-7,9-10,16H2,1-3H3. The van der Waals surface area contributed by atoms with Crippen LogP contribution in [0.3, 0.4) is 0 Å². The Balaban J connectivity index is 2.08. The van der Waals surface area contributed by atoms with Gasteiger partial charge in [-0.25, -0.2) is 0 Å². The molecule has 2 atom stereocenters. The predicted octanol–water partition coefficient (Wildman–Crippen LogP) is 2.35. The molecular formula is C15H24N2O. The van der Waals surface area contributed by atoms with E-state index in [0.717, 1.165) is 23.8 Å². The molecule has 18 heavy (non-hydrogen) atoms. The van der Waals surface area contributed by atoms with Gasteiger partial charge in [-0.05, 0) is 31.9 Å². The second-order valence-electron chi connectivity index (χ2n) is 5.51. The van der Waals surface area contributed by atoms with Crippen LogP contribution in [-0.4, -0.2) is 31.6 Å². The molecule has 1 heterocycles. The number of rotatable bonds is 4. The zero-order valence-corrected chi connectivity index (χ0v) is 11.6. The second kappa shape index (κ2) is 5.72. The van der Waals surface area contributed by atoms with E-state index < -0.39 is 0 Å². The Bertz CT molecular complexity index is 405. The maximum absolute atomic E-state index is 6.34. The summed E-state index contributed by atoms with van der Waals surface area (Å²) in [5.74, 6) is 1.71. The minimum absolute atomic E-state index is 0.0325. The number of methoxy groups -OCH3 is 1. The number of aryl methyl sites for hydroxylation is 1. The van der Waals surface area contributed by atoms with E-state index in [1.807, 2.05) is 6.07 Å². The van der Waals surface area contributed by atoms with Crippen molar-refractivity contribution in [1.82, 2.24) is 4.90 Å². The van der Waals surface area contributed by atoms with E-state index >= 15 is 0 Å². The average Bonchev–Trinajstić information content (AvgIpc) is 2.74. The molecule has 1 fully saturated rings. The first kappa shape index (κ1) is 13.4. The Hall–Kier alpha value is -1.06. The lowest BCUT2D eigenvalue weighted by atomic mass is 10.0. The van der Waals surface area contributed by atoms with Gasteiger partial charge in [-0.15, -0.1) is 0 Å². The summed E-state index contributed by atoms with van der Waals surface area (Å²) in [6.07, 6.45) is 1.29. The van der Waals surface area contributed by atoms with Gasteiger partial charge in [0.15, 0.2) is 0 Å². The summed E-state index contributed by atoms with van der Waals surface area (Å²) in [5, 5.41) is 0. The highest BCUT2D eigenvalue weighted by atomic mass is 16.5. The summed E-state index contributed by atoms with van der Waals surface area (Å²) in [5.41, 5.74) is 8.70. The Morgan fingerprint density at radius 1 is 1.50 bits per heavy atom. The monoisotopic (exact) mass is 248 g/mol. The van der Waals surface area contributed by atoms with Crippen LogP contribution in [0.25, 0.3) is 0 Å². The molecule has 1 aromatic rings. The Kier molecular flexibility index (Phi) is 4.25. The van der Waals surface area contributed by atoms with Crippen molar-refractivity contribution in [3.8, 4) is 5.75 Å². The molecule has 0 radical (unpaired) electrons. The largest absolute Gasteiger partial charge is 0.496 e. The van der Waals surface area contributed by atoms with Gasteiger partial charge in [0.25, 0.3) is 0 Å². The molecule has 0 saturated carbocycles. The summed E-state index contributed by atoms with van der Waals surface area (Å²) >= 11 is 0. The summed E-state index contributed by atoms with van der Waals surface area (Å²) in [6, 6.07) is 6.25. The van der Waals surface area contributed by atoms with E-state index in [1.165, 1.54) is 25.1 Å². The van der Waals surface area contributed by atoms with Crippen LogP contribution in [-0.2, 0) is 0 Å². The van der Waals surface area contributed by atoms with Crippen LogP contribution < -0.4 is 10.5 Å². The molecule has 1 saturated heterocycles. The topological polar surface area (TPSA) is 38.5 Å². The van der Waals surface area contributed by atoms with Crippen molar-refractivity contribution in [3.05, 3.63) is 29.3 Å². The summed E-state index contributed by atoms with van der Waals surface area (Å²) in [4.78, 5) is 2.46. The first-order chi connectivity index (χ1) is 8.60. The first-order valence-electron chi connectivity index (χ1n) is 6.72. The third-order valence-corrected chi connectivity index (χ3v) is 3.75. The summed E-state index contributed by atoms with van der Waals surface area (Å²) in [6.45, 7) is 7.65. The van der Waals surface area contributed by atoms with Gasteiger partial charge in [0.05, 0.1) is 7.11 Å². The summed E-state index contributed by atoms with van der Waals surface area (Å²) < 4.78 is 5.41. The molecule has 0 aliphatic carbocycles. The quantitative estimate of drug-likeness (QED) is 0.889. The van der Waals surface area contributed by atoms with Crippen molar-refractivity contribution in [2.45, 2.75) is 26.3 Å². The maximum atomic E-state index is 6.34. The zero-order chi connectivity index (χ0) is 13.1. The van der Waals surface area contributed by atoms with Crippen LogP contribution in [0, 0.1) is 12.8 Å². The lowest BCUT2D eigenvalue weighted by Gasteiger charge is -2.22. The fourth-order valence-corrected chi connectivity index (χ4v) is 2.71. The normalized spacial score (nSPS) is 22.1. The van der Waals surface area contributed by atoms with Gasteiger partial charge in [0.1, 0.15) is 5.75 Å². The van der Waals surface area contributed by atoms with Gasteiger partial charge in [-0.2, -0.15) is 0 Å². The number of nitrogens with two attached hydrogens (primary N) is 1. The third kappa shape index (κ3) is 3.03. The van der Waals surface area contributed by atoms with Crippen LogP contribution in [0.5, 0.6) is 5.75 Å². The fraction of sp³-hybridized carbons (Fsp3) is 0.600. The highest BCUT2D eigenvalue weighted by Gasteiger charge is 2.22. The van der Waals surface area contributed by atoms with E-state index in [1.54, 1.807) is 7.11 Å². The molecule has 0 spiro atoms. The number of nitrogens with zero attached hydrogens (tertiary/aromatic N) is 1. The van der Waals surface area contributed by atoms with Crippen molar-refractivity contribution >= 4 is 0 Å². The van der Waals surface area contributed by atoms with E-state index in [-0.39, 0.29) is 6.04 Å². The van der Waals surface area contributed by atoms with E-state index in [9.17, 15) is 0 Å². The van der Waals surface area contributed by atoms with Crippen molar-refractivity contribution in [2.75, 3.05) is 26.7 Å². The number of likely N-dealkylation sites (tertiary alicyclic amines) is 1. The van der Waals surface area contributed by atoms with Crippen molar-refractivity contribution in [1.29, 1.82) is 0 Å². The Morgan fingerprint density at radius 3 is 2.89 bits per heavy atom. The van der Waals surface area contributed by atoms with Crippen molar-refractivity contribution < 1.29 is 4.74 Å². The molecular weight excluding hydrogens is 224 g/mol. The smallest absolute Gasteiger partial charge is 0.123 e. The van der Waals surface area contributed by atoms with Crippen LogP contribution in [0.2, 0.25) is 0 Å². The maximum Gasteiger partial charge on any atom is 0.123 e. The lowest BCUT2D eigenvalue weighted by molar-refractivity contribution is 0.302. The van der Waals surface area contributed by atoms with Gasteiger partial charge in [-0.1, -0.05) is 24.6 Å². The van der Waals surface area contributed by atoms with Crippen LogP contribution in [0.4, 0.5) is 0 Å². The van der Waals surface area contributed by atoms with Crippen LogP contribution in [0.15, 0.2) is 18.2 Å². The molecule has 2 rings (SSSR count). The van der Waals surface area contributed by atoms with Gasteiger partial charge in [0.2, 0.25) is 0 Å². The van der Waals surface area contributed by atoms with E-state index in [4.69, 9.17) is 10.5 Å². The molecule has 3 nitrogen and oxygen atoms in total. The second-order valence-corrected chi connectivity index (χ2v) is 5.51. The molecule has 1 aliphatic heterocycles. The highest BCUT2D eigenvalue weighted by Crippen LogP contribution is 2.27. The molecule has 3 heteroatoms. The molecule has 0 bridgehead atoms. The molecule has 0 aromatic heterocycles. The minimum atomic E-state index is 0.0325. The van der Waals surface area contributed by atoms with Crippen LogP contribution >= 0.6 is 0 Å². The molecule has 2 unspecified atom stereocenters. The minimum Gasteiger partial charge on any atom is -0.496 e. The van der Waals surface area contributed by atoms with Gasteiger partial charge in [-0.3, -0.25) is 0 Å². The average molecular weight is 248 g/mol. The lowest BCUT2D eigenvalue weighted by Crippen LogP contribution is -2.30. The van der Waals surface area contributed by atoms with E-state index in [2.05, 4.69) is 30.9 Å². The first-order valence-corrected chi connectivity index (χ1v) is 6.72. The Labute approximate surface area is 110 Å². The number of ether oxygens (including phenoxy) is 1. The van der Waals surface area contributed by atoms with Crippen molar-refractivity contribution in [3.63, 3.8) is 0 Å². The number of hydrogen-bond acceptors (Lipinski definition) is 3. The molecule has 0 amide bonds. The zero-order valence-electron chi connectivity index (χ0n) is 11.6. The van der Waals surface area contributed by atoms with Gasteiger partial charge in [0, 0.05) is 24.7 Å². The third-order valence-electron chi connectivity index (χ3n) is 3.75. The Morgan fingerprint density at radius 2 is 2.28 bits per heavy atom. The number of hydrogen-bond donors (Lipinski definition) is 1. The number of benzene rings is 1. The SMILES string of the molecule is COc1ccc(C)cc1C(N)CN1CCC(C)C1. The van der Waals surface area contributed by atoms with Crippen molar-refractivity contribution in [2.24, 2.45) is 11.7 Å². The molecule has 2 N–H and O–H groups in total. The van der Waals surface area contributed by atoms with Gasteiger partial charge >= 0.3 is 0 Å². The fourth-order valence-electron chi connectivity index (χ4n) is 2.71. The van der Waals surface area contributed by atoms with Crippen LogP contribution in [0.1, 0.15) is 30.5 Å². The molecule has 100 valence electrons. The summed E-state index contributed by atoms with van der Waals surface area (Å²) in [7, 11) is 1.71.